The summed E-state index contributed by atoms with van der Waals surface area (Å²) in [6.45, 7) is 5.52. The molecule has 2 heterocycles. The Morgan fingerprint density at radius 1 is 1.29 bits per heavy atom. The number of rotatable bonds is 5. The third-order valence-electron chi connectivity index (χ3n) is 2.21. The van der Waals surface area contributed by atoms with Gasteiger partial charge in [-0.2, -0.15) is 0 Å². The highest BCUT2D eigenvalue weighted by Gasteiger charge is 2.05. The number of aryl methyl sites for hydroxylation is 1. The molecule has 0 aliphatic carbocycles. The maximum Gasteiger partial charge on any atom is 0.109 e. The van der Waals surface area contributed by atoms with E-state index in [4.69, 9.17) is 5.73 Å². The zero-order valence-electron chi connectivity index (χ0n) is 9.93. The van der Waals surface area contributed by atoms with E-state index in [1.165, 1.54) is 0 Å². The van der Waals surface area contributed by atoms with Crippen molar-refractivity contribution in [2.24, 2.45) is 5.73 Å². The van der Waals surface area contributed by atoms with Crippen LogP contribution in [0.2, 0.25) is 0 Å². The molecule has 2 aromatic heterocycles. The van der Waals surface area contributed by atoms with Crippen LogP contribution in [0.4, 0.5) is 0 Å². The van der Waals surface area contributed by atoms with Crippen LogP contribution in [0.15, 0.2) is 10.8 Å². The highest BCUT2D eigenvalue weighted by atomic mass is 32.1. The quantitative estimate of drug-likeness (QED) is 0.872. The molecule has 1 unspecified atom stereocenters. The second kappa shape index (κ2) is 5.68. The molecule has 2 aromatic rings. The van der Waals surface area contributed by atoms with Crippen LogP contribution in [0.1, 0.15) is 34.4 Å². The molecule has 1 atom stereocenters. The van der Waals surface area contributed by atoms with Gasteiger partial charge < -0.3 is 11.1 Å². The Bertz CT molecular complexity index is 475. The fourth-order valence-corrected chi connectivity index (χ4v) is 2.91. The van der Waals surface area contributed by atoms with Gasteiger partial charge in [-0.3, -0.25) is 0 Å². The fourth-order valence-electron chi connectivity index (χ4n) is 1.39. The van der Waals surface area contributed by atoms with Gasteiger partial charge in [0.25, 0.3) is 0 Å². The van der Waals surface area contributed by atoms with Gasteiger partial charge in [0.15, 0.2) is 0 Å². The first-order valence-corrected chi connectivity index (χ1v) is 7.22. The van der Waals surface area contributed by atoms with E-state index in [2.05, 4.69) is 26.0 Å². The van der Waals surface area contributed by atoms with Gasteiger partial charge in [0, 0.05) is 29.5 Å². The number of hydrogen-bond donors (Lipinski definition) is 2. The Hall–Kier alpha value is -0.820. The van der Waals surface area contributed by atoms with Crippen molar-refractivity contribution in [1.29, 1.82) is 0 Å². The molecule has 0 amide bonds. The summed E-state index contributed by atoms with van der Waals surface area (Å²) in [5.74, 6) is 0. The Labute approximate surface area is 109 Å². The van der Waals surface area contributed by atoms with Crippen molar-refractivity contribution < 1.29 is 0 Å². The van der Waals surface area contributed by atoms with Crippen LogP contribution in [-0.4, -0.2) is 9.97 Å². The van der Waals surface area contributed by atoms with Gasteiger partial charge in [-0.15, -0.1) is 22.7 Å². The lowest BCUT2D eigenvalue weighted by atomic mass is 10.4. The molecular weight excluding hydrogens is 252 g/mol. The van der Waals surface area contributed by atoms with Gasteiger partial charge in [0.05, 0.1) is 11.7 Å². The van der Waals surface area contributed by atoms with Crippen molar-refractivity contribution in [1.82, 2.24) is 15.3 Å². The lowest BCUT2D eigenvalue weighted by molar-refractivity contribution is 0.673. The van der Waals surface area contributed by atoms with Crippen molar-refractivity contribution >= 4 is 22.7 Å². The van der Waals surface area contributed by atoms with Crippen molar-refractivity contribution in [2.45, 2.75) is 33.0 Å². The summed E-state index contributed by atoms with van der Waals surface area (Å²) in [5.41, 5.74) is 7.90. The van der Waals surface area contributed by atoms with Crippen LogP contribution in [0.5, 0.6) is 0 Å². The number of thiazole rings is 2. The van der Waals surface area contributed by atoms with Crippen LogP contribution in [-0.2, 0) is 13.1 Å². The maximum absolute atomic E-state index is 5.77. The smallest absolute Gasteiger partial charge is 0.109 e. The molecule has 17 heavy (non-hydrogen) atoms. The summed E-state index contributed by atoms with van der Waals surface area (Å²) in [6.07, 6.45) is 0. The minimum atomic E-state index is 0.0235. The average molecular weight is 268 g/mol. The van der Waals surface area contributed by atoms with E-state index in [1.807, 2.05) is 13.8 Å². The van der Waals surface area contributed by atoms with Crippen LogP contribution < -0.4 is 11.1 Å². The van der Waals surface area contributed by atoms with Crippen molar-refractivity contribution in [2.75, 3.05) is 0 Å². The molecule has 92 valence electrons. The summed E-state index contributed by atoms with van der Waals surface area (Å²) < 4.78 is 0. The molecule has 0 saturated heterocycles. The number of hydrogen-bond acceptors (Lipinski definition) is 6. The van der Waals surface area contributed by atoms with Crippen molar-refractivity contribution in [3.63, 3.8) is 0 Å². The minimum Gasteiger partial charge on any atom is -0.322 e. The zero-order valence-corrected chi connectivity index (χ0v) is 11.6. The van der Waals surface area contributed by atoms with E-state index in [0.29, 0.717) is 0 Å². The predicted molar refractivity (Wildman–Crippen MR) is 72.1 cm³/mol. The molecular formula is C11H16N4S2. The summed E-state index contributed by atoms with van der Waals surface area (Å²) in [7, 11) is 0. The van der Waals surface area contributed by atoms with E-state index in [-0.39, 0.29) is 6.04 Å². The predicted octanol–water partition coefficient (Wildman–Crippen LogP) is 2.22. The lowest BCUT2D eigenvalue weighted by Crippen LogP contribution is -2.13. The number of nitrogens with one attached hydrogen (secondary N) is 1. The standard InChI is InChI=1S/C11H16N4S2/c1-7-5-16-10(14-7)4-13-3-9-6-17-11(15-9)8(2)12/h5-6,8,13H,3-4,12H2,1-2H3. The maximum atomic E-state index is 5.77. The molecule has 0 aromatic carbocycles. The molecule has 3 N–H and O–H groups in total. The molecule has 0 aliphatic heterocycles. The minimum absolute atomic E-state index is 0.0235. The van der Waals surface area contributed by atoms with Gasteiger partial charge in [-0.1, -0.05) is 0 Å². The molecule has 0 bridgehead atoms. The van der Waals surface area contributed by atoms with Crippen LogP contribution in [0.3, 0.4) is 0 Å². The first kappa shape index (κ1) is 12.6. The van der Waals surface area contributed by atoms with Crippen LogP contribution >= 0.6 is 22.7 Å². The second-order valence-electron chi connectivity index (χ2n) is 3.95. The van der Waals surface area contributed by atoms with Gasteiger partial charge in [-0.25, -0.2) is 9.97 Å². The van der Waals surface area contributed by atoms with Crippen LogP contribution in [0, 0.1) is 6.92 Å². The summed E-state index contributed by atoms with van der Waals surface area (Å²) in [6, 6.07) is 0.0235. The molecule has 4 nitrogen and oxygen atoms in total. The van der Waals surface area contributed by atoms with Gasteiger partial charge in [0.1, 0.15) is 10.0 Å². The largest absolute Gasteiger partial charge is 0.322 e. The van der Waals surface area contributed by atoms with Gasteiger partial charge >= 0.3 is 0 Å². The second-order valence-corrected chi connectivity index (χ2v) is 5.78. The summed E-state index contributed by atoms with van der Waals surface area (Å²) in [5, 5.41) is 9.56. The monoisotopic (exact) mass is 268 g/mol. The fraction of sp³-hybridized carbons (Fsp3) is 0.455. The van der Waals surface area contributed by atoms with Crippen LogP contribution in [0.25, 0.3) is 0 Å². The lowest BCUT2D eigenvalue weighted by Gasteiger charge is -2.00. The molecule has 0 spiro atoms. The Morgan fingerprint density at radius 2 is 2.12 bits per heavy atom. The molecule has 2 rings (SSSR count). The van der Waals surface area contributed by atoms with Gasteiger partial charge in [-0.05, 0) is 13.8 Å². The van der Waals surface area contributed by atoms with E-state index < -0.39 is 0 Å². The number of aromatic nitrogens is 2. The zero-order chi connectivity index (χ0) is 12.3. The molecule has 6 heteroatoms. The molecule has 0 aliphatic rings. The average Bonchev–Trinajstić information content (AvgIpc) is 2.88. The summed E-state index contributed by atoms with van der Waals surface area (Å²) in [4.78, 5) is 8.85. The Kier molecular flexibility index (Phi) is 4.22. The van der Waals surface area contributed by atoms with E-state index in [9.17, 15) is 0 Å². The number of nitrogens with zero attached hydrogens (tertiary/aromatic N) is 2. The van der Waals surface area contributed by atoms with Crippen molar-refractivity contribution in [3.8, 4) is 0 Å². The third kappa shape index (κ3) is 3.57. The SMILES string of the molecule is Cc1csc(CNCc2csc(C(C)N)n2)n1. The highest BCUT2D eigenvalue weighted by molar-refractivity contribution is 7.10. The molecule has 0 radical (unpaired) electrons. The normalized spacial score (nSPS) is 12.9. The van der Waals surface area contributed by atoms with E-state index >= 15 is 0 Å². The molecule has 0 saturated carbocycles. The molecule has 0 fully saturated rings. The topological polar surface area (TPSA) is 63.8 Å². The van der Waals surface area contributed by atoms with Crippen molar-refractivity contribution in [3.05, 3.63) is 32.2 Å². The Balaban J connectivity index is 1.81. The first-order valence-electron chi connectivity index (χ1n) is 5.47. The summed E-state index contributed by atoms with van der Waals surface area (Å²) >= 11 is 3.30. The Morgan fingerprint density at radius 3 is 2.71 bits per heavy atom. The van der Waals surface area contributed by atoms with E-state index in [0.717, 1.165) is 34.5 Å². The van der Waals surface area contributed by atoms with Gasteiger partial charge in [0.2, 0.25) is 0 Å². The van der Waals surface area contributed by atoms with E-state index in [1.54, 1.807) is 22.7 Å². The third-order valence-corrected chi connectivity index (χ3v) is 4.27. The first-order chi connectivity index (χ1) is 8.15. The number of nitrogens with two attached hydrogens (primary N) is 1. The highest BCUT2D eigenvalue weighted by Crippen LogP contribution is 2.15.